The summed E-state index contributed by atoms with van der Waals surface area (Å²) in [7, 11) is 1.53. The van der Waals surface area contributed by atoms with Crippen LogP contribution in [0.4, 0.5) is 14.6 Å². The van der Waals surface area contributed by atoms with Crippen LogP contribution < -0.4 is 14.8 Å². The van der Waals surface area contributed by atoms with Gasteiger partial charge in [-0.3, -0.25) is 9.88 Å². The third-order valence-corrected chi connectivity index (χ3v) is 27.1. The maximum Gasteiger partial charge on any atom is 0.319 e. The molecule has 1 aliphatic carbocycles. The van der Waals surface area contributed by atoms with E-state index in [-0.39, 0.29) is 45.7 Å². The molecule has 0 radical (unpaired) electrons. The van der Waals surface area contributed by atoms with E-state index in [4.69, 9.17) is 33.6 Å². The van der Waals surface area contributed by atoms with Crippen molar-refractivity contribution in [1.29, 1.82) is 0 Å². The minimum Gasteiger partial charge on any atom is -0.468 e. The van der Waals surface area contributed by atoms with Crippen LogP contribution in [-0.2, 0) is 9.16 Å². The van der Waals surface area contributed by atoms with Crippen molar-refractivity contribution < 1.29 is 27.4 Å². The lowest BCUT2D eigenvalue weighted by molar-refractivity contribution is 0.0512. The molecule has 0 amide bonds. The lowest BCUT2D eigenvalue weighted by atomic mass is 9.75. The van der Waals surface area contributed by atoms with E-state index < -0.39 is 28.0 Å². The first kappa shape index (κ1) is 50.2. The van der Waals surface area contributed by atoms with E-state index in [2.05, 4.69) is 116 Å². The molecule has 0 spiro atoms. The van der Waals surface area contributed by atoms with Crippen LogP contribution >= 0.6 is 0 Å². The maximum absolute atomic E-state index is 17.9. The number of pyridine rings is 1. The Morgan fingerprint density at radius 3 is 2.29 bits per heavy atom. The van der Waals surface area contributed by atoms with Crippen molar-refractivity contribution in [2.45, 2.75) is 159 Å². The average molecular weight is 943 g/mol. The molecule has 3 aliphatic rings. The average Bonchev–Trinajstić information content (AvgIpc) is 3.80. The van der Waals surface area contributed by atoms with Crippen molar-refractivity contribution >= 4 is 43.9 Å². The number of hydrogen-bond acceptors (Lipinski definition) is 10. The van der Waals surface area contributed by atoms with Crippen LogP contribution in [0.2, 0.25) is 34.8 Å². The van der Waals surface area contributed by atoms with Gasteiger partial charge in [-0.25, -0.2) is 8.78 Å². The Bertz CT molecular complexity index is 2440. The summed E-state index contributed by atoms with van der Waals surface area (Å²) in [4.78, 5) is 19.5. The second-order valence-corrected chi connectivity index (χ2v) is 32.5. The quantitative estimate of drug-likeness (QED) is 0.0626. The molecule has 360 valence electrons. The zero-order valence-corrected chi connectivity index (χ0v) is 44.3. The van der Waals surface area contributed by atoms with Gasteiger partial charge in [0, 0.05) is 49.0 Å². The van der Waals surface area contributed by atoms with Gasteiger partial charge in [0.05, 0.1) is 16.5 Å². The van der Waals surface area contributed by atoms with Crippen LogP contribution in [0, 0.1) is 23.1 Å². The van der Waals surface area contributed by atoms with E-state index in [1.807, 2.05) is 6.07 Å². The van der Waals surface area contributed by atoms with Gasteiger partial charge in [0.15, 0.2) is 20.9 Å². The van der Waals surface area contributed by atoms with E-state index in [1.165, 1.54) is 6.07 Å². The van der Waals surface area contributed by atoms with E-state index in [1.54, 1.807) is 25.4 Å². The molecule has 0 bridgehead atoms. The Morgan fingerprint density at radius 2 is 1.67 bits per heavy atom. The normalized spacial score (nSPS) is 20.1. The fourth-order valence-corrected chi connectivity index (χ4v) is 17.3. The number of nitrogens with one attached hydrogen (secondary N) is 1. The fourth-order valence-electron chi connectivity index (χ4n) is 11.1. The molecule has 0 unspecified atom stereocenters. The summed E-state index contributed by atoms with van der Waals surface area (Å²) >= 11 is 0. The van der Waals surface area contributed by atoms with Gasteiger partial charge in [-0.2, -0.15) is 9.97 Å². The van der Waals surface area contributed by atoms with Gasteiger partial charge in [0.25, 0.3) is 0 Å². The summed E-state index contributed by atoms with van der Waals surface area (Å²) in [5.41, 5.74) is 5.12. The first-order chi connectivity index (χ1) is 31.1. The molecule has 2 aromatic heterocycles. The lowest BCUT2D eigenvalue weighted by Gasteiger charge is -2.47. The van der Waals surface area contributed by atoms with E-state index in [0.717, 1.165) is 51.5 Å². The van der Waals surface area contributed by atoms with Gasteiger partial charge < -0.3 is 28.9 Å². The zero-order chi connectivity index (χ0) is 48.0. The van der Waals surface area contributed by atoms with E-state index in [9.17, 15) is 0 Å². The third kappa shape index (κ3) is 9.38. The fraction of sp³-hybridized carbons (Fsp3) is 0.635. The van der Waals surface area contributed by atoms with Crippen LogP contribution in [-0.4, -0.2) is 113 Å². The maximum atomic E-state index is 17.9. The molecule has 2 atom stereocenters. The molecule has 1 saturated carbocycles. The van der Waals surface area contributed by atoms with E-state index >= 15 is 8.78 Å². The van der Waals surface area contributed by atoms with Crippen molar-refractivity contribution in [2.75, 3.05) is 59.6 Å². The van der Waals surface area contributed by atoms with Crippen molar-refractivity contribution in [3.8, 4) is 34.5 Å². The molecule has 2 aromatic carbocycles. The number of hydrogen-bond donors (Lipinski definition) is 1. The summed E-state index contributed by atoms with van der Waals surface area (Å²) in [5, 5.41) is 5.27. The summed E-state index contributed by atoms with van der Waals surface area (Å²) in [6.07, 6.45) is 8.94. The predicted molar refractivity (Wildman–Crippen MR) is 270 cm³/mol. The Labute approximate surface area is 395 Å². The van der Waals surface area contributed by atoms with Crippen LogP contribution in [0.3, 0.4) is 0 Å². The number of likely N-dealkylation sites (N-methyl/N-ethyl adjacent to an activating group) is 1. The molecule has 3 fully saturated rings. The number of anilines is 1. The smallest absolute Gasteiger partial charge is 0.319 e. The number of nitrogens with zero attached hydrogens (tertiary/aromatic N) is 5. The van der Waals surface area contributed by atoms with Crippen LogP contribution in [0.1, 0.15) is 113 Å². The molecular weight excluding hydrogens is 867 g/mol. The first-order valence-corrected chi connectivity index (χ1v) is 29.5. The number of halogens is 2. The number of ether oxygens (including phenoxy) is 3. The minimum absolute atomic E-state index is 0.00406. The standard InChI is InChI=1S/C52H76F2N6O4Si2/c1-34(2)66(35(3)4,36(5)6)26-20-40-43(53)18-17-37-27-39(63-33-61-12)28-41(44(37)40)46-45(54)47-42(29-55-46)48(56-31-51(59(10)11)21-15-22-51)58-49(57-47)62-32-52-23-16-25-60(52)38(19-24-52)30-64-65(13,14)50(7,8)9/h17-18,27-29,34-36,38H,15-16,19,21-25,30-33H2,1-14H3,(H,56,57,58)/t38-,52-/m1/s1. The minimum atomic E-state index is -2.29. The van der Waals surface area contributed by atoms with Crippen molar-refractivity contribution in [1.82, 2.24) is 24.8 Å². The molecule has 2 saturated heterocycles. The number of methoxy groups -OCH3 is 1. The second kappa shape index (κ2) is 19.3. The molecular formula is C52H76F2N6O4Si2. The highest BCUT2D eigenvalue weighted by Gasteiger charge is 2.51. The van der Waals surface area contributed by atoms with Gasteiger partial charge in [-0.1, -0.05) is 74.3 Å². The summed E-state index contributed by atoms with van der Waals surface area (Å²) in [6, 6.07) is 7.05. The third-order valence-electron chi connectivity index (χ3n) is 16.3. The second-order valence-electron chi connectivity index (χ2n) is 22.1. The molecule has 4 aromatic rings. The number of rotatable bonds is 17. The summed E-state index contributed by atoms with van der Waals surface area (Å²) in [5.74, 6) is 3.13. The lowest BCUT2D eigenvalue weighted by Crippen LogP contribution is -2.54. The number of benzene rings is 2. The molecule has 14 heteroatoms. The van der Waals surface area contributed by atoms with Crippen molar-refractivity contribution in [2.24, 2.45) is 0 Å². The van der Waals surface area contributed by atoms with Gasteiger partial charge in [-0.05, 0) is 124 Å². The number of fused-ring (bicyclic) bond motifs is 3. The topological polar surface area (TPSA) is 94.1 Å². The molecule has 7 rings (SSSR count). The first-order valence-electron chi connectivity index (χ1n) is 24.3. The molecule has 1 N–H and O–H groups in total. The Balaban J connectivity index is 1.34. The highest BCUT2D eigenvalue weighted by Crippen LogP contribution is 2.46. The number of aromatic nitrogens is 3. The van der Waals surface area contributed by atoms with Gasteiger partial charge in [-0.15, -0.1) is 5.54 Å². The Hall–Kier alpha value is -3.72. The van der Waals surface area contributed by atoms with Gasteiger partial charge in [0.1, 0.15) is 43.3 Å². The predicted octanol–water partition coefficient (Wildman–Crippen LogP) is 12.0. The Morgan fingerprint density at radius 1 is 0.955 bits per heavy atom. The largest absolute Gasteiger partial charge is 0.468 e. The summed E-state index contributed by atoms with van der Waals surface area (Å²) < 4.78 is 58.9. The van der Waals surface area contributed by atoms with Gasteiger partial charge >= 0.3 is 6.01 Å². The highest BCUT2D eigenvalue weighted by atomic mass is 28.4. The highest BCUT2D eigenvalue weighted by molar-refractivity contribution is 6.90. The monoisotopic (exact) mass is 943 g/mol. The molecule has 2 aliphatic heterocycles. The van der Waals surface area contributed by atoms with Crippen LogP contribution in [0.25, 0.3) is 32.9 Å². The van der Waals surface area contributed by atoms with Crippen molar-refractivity contribution in [3.63, 3.8) is 0 Å². The van der Waals surface area contributed by atoms with Crippen LogP contribution in [0.15, 0.2) is 30.5 Å². The van der Waals surface area contributed by atoms with E-state index in [0.29, 0.717) is 75.7 Å². The molecule has 66 heavy (non-hydrogen) atoms. The summed E-state index contributed by atoms with van der Waals surface area (Å²) in [6.45, 7) is 27.5. The molecule has 10 nitrogen and oxygen atoms in total. The Kier molecular flexibility index (Phi) is 14.7. The van der Waals surface area contributed by atoms with Crippen LogP contribution in [0.5, 0.6) is 11.8 Å². The SMILES string of the molecule is COCOc1cc(-c2ncc3c(NCC4(N(C)C)CCC4)nc(OC[C@]45CCCN4[C@@H](CO[Si](C)(C)C(C)(C)C)CC5)nc3c2F)c2c(C#C[Si](C(C)C)(C(C)C)C(C)C)c(F)ccc2c1. The molecule has 4 heterocycles. The van der Waals surface area contributed by atoms with Crippen molar-refractivity contribution in [3.05, 3.63) is 47.7 Å². The zero-order valence-electron chi connectivity index (χ0n) is 42.3. The van der Waals surface area contributed by atoms with Gasteiger partial charge in [0.2, 0.25) is 0 Å².